The van der Waals surface area contributed by atoms with Crippen molar-refractivity contribution in [3.8, 4) is 0 Å². The van der Waals surface area contributed by atoms with Crippen LogP contribution in [0.4, 0.5) is 0 Å². The minimum Gasteiger partial charge on any atom is -0.345 e. The summed E-state index contributed by atoms with van der Waals surface area (Å²) in [6.45, 7) is 2.01. The number of fused-ring (bicyclic) bond motifs is 2. The van der Waals surface area contributed by atoms with Crippen molar-refractivity contribution < 1.29 is 4.79 Å². The molecule has 0 aliphatic heterocycles. The Kier molecular flexibility index (Phi) is 3.37. The van der Waals surface area contributed by atoms with E-state index < -0.39 is 0 Å². The van der Waals surface area contributed by atoms with Gasteiger partial charge in [0.15, 0.2) is 0 Å². The molecule has 1 aliphatic rings. The summed E-state index contributed by atoms with van der Waals surface area (Å²) in [5, 5.41) is 3.20. The number of aromatic nitrogens is 2. The standard InChI is InChI=1S/C19H19N3O/c1-13-9-10-16(18-20-11-12-22(13)18)19(23)21-17-8-4-6-14-5-2-3-7-15(14)17/h2-3,5,7,9-12,17H,4,6,8H2,1H3,(H,21,23). The van der Waals surface area contributed by atoms with E-state index in [1.165, 1.54) is 11.1 Å². The molecule has 2 aromatic heterocycles. The first-order valence-corrected chi connectivity index (χ1v) is 8.05. The number of nitrogens with one attached hydrogen (secondary N) is 1. The SMILES string of the molecule is Cc1ccc(C(=O)NC2CCCc3ccccc32)c2nccn12. The number of benzene rings is 1. The lowest BCUT2D eigenvalue weighted by Crippen LogP contribution is -2.31. The summed E-state index contributed by atoms with van der Waals surface area (Å²) in [6.07, 6.45) is 6.80. The highest BCUT2D eigenvalue weighted by Crippen LogP contribution is 2.29. The molecule has 4 rings (SSSR count). The highest BCUT2D eigenvalue weighted by molar-refractivity contribution is 6.00. The molecule has 0 radical (unpaired) electrons. The topological polar surface area (TPSA) is 46.4 Å². The van der Waals surface area contributed by atoms with Gasteiger partial charge in [-0.1, -0.05) is 24.3 Å². The van der Waals surface area contributed by atoms with Gasteiger partial charge in [0.1, 0.15) is 5.65 Å². The van der Waals surface area contributed by atoms with Crippen LogP contribution in [0, 0.1) is 6.92 Å². The van der Waals surface area contributed by atoms with Gasteiger partial charge in [0.05, 0.1) is 11.6 Å². The van der Waals surface area contributed by atoms with Gasteiger partial charge in [-0.05, 0) is 49.4 Å². The molecule has 2 heterocycles. The van der Waals surface area contributed by atoms with Gasteiger partial charge in [-0.25, -0.2) is 4.98 Å². The number of hydrogen-bond donors (Lipinski definition) is 1. The molecule has 23 heavy (non-hydrogen) atoms. The van der Waals surface area contributed by atoms with E-state index in [-0.39, 0.29) is 11.9 Å². The van der Waals surface area contributed by atoms with Crippen LogP contribution in [0.5, 0.6) is 0 Å². The van der Waals surface area contributed by atoms with Crippen LogP contribution in [0.15, 0.2) is 48.8 Å². The van der Waals surface area contributed by atoms with Gasteiger partial charge in [0.2, 0.25) is 0 Å². The van der Waals surface area contributed by atoms with Crippen molar-refractivity contribution in [3.05, 3.63) is 71.2 Å². The fourth-order valence-corrected chi connectivity index (χ4v) is 3.46. The number of carbonyl (C=O) groups is 1. The predicted octanol–water partition coefficient (Wildman–Crippen LogP) is 3.45. The van der Waals surface area contributed by atoms with Crippen molar-refractivity contribution in [2.45, 2.75) is 32.2 Å². The average Bonchev–Trinajstić information content (AvgIpc) is 3.06. The molecule has 116 valence electrons. The Bertz CT molecular complexity index is 881. The van der Waals surface area contributed by atoms with E-state index >= 15 is 0 Å². The number of nitrogens with zero attached hydrogens (tertiary/aromatic N) is 2. The summed E-state index contributed by atoms with van der Waals surface area (Å²) in [6, 6.07) is 12.3. The maximum Gasteiger partial charge on any atom is 0.255 e. The van der Waals surface area contributed by atoms with Gasteiger partial charge in [0, 0.05) is 18.1 Å². The molecule has 1 N–H and O–H groups in total. The second kappa shape index (κ2) is 5.54. The van der Waals surface area contributed by atoms with Crippen molar-refractivity contribution in [3.63, 3.8) is 0 Å². The van der Waals surface area contributed by atoms with Gasteiger partial charge in [-0.15, -0.1) is 0 Å². The fraction of sp³-hybridized carbons (Fsp3) is 0.263. The Labute approximate surface area is 135 Å². The summed E-state index contributed by atoms with van der Waals surface area (Å²) >= 11 is 0. The second-order valence-electron chi connectivity index (χ2n) is 6.13. The molecule has 0 saturated heterocycles. The first kappa shape index (κ1) is 14.0. The molecule has 1 aromatic carbocycles. The lowest BCUT2D eigenvalue weighted by atomic mass is 9.87. The van der Waals surface area contributed by atoms with Crippen LogP contribution in [-0.4, -0.2) is 15.3 Å². The van der Waals surface area contributed by atoms with Crippen molar-refractivity contribution in [1.82, 2.24) is 14.7 Å². The number of hydrogen-bond acceptors (Lipinski definition) is 2. The van der Waals surface area contributed by atoms with Gasteiger partial charge in [-0.2, -0.15) is 0 Å². The Balaban J connectivity index is 1.66. The molecule has 4 nitrogen and oxygen atoms in total. The van der Waals surface area contributed by atoms with Crippen molar-refractivity contribution >= 4 is 11.6 Å². The number of amides is 1. The minimum absolute atomic E-state index is 0.0529. The first-order chi connectivity index (χ1) is 11.2. The van der Waals surface area contributed by atoms with E-state index in [0.29, 0.717) is 11.2 Å². The smallest absolute Gasteiger partial charge is 0.255 e. The zero-order valence-corrected chi connectivity index (χ0v) is 13.1. The zero-order valence-electron chi connectivity index (χ0n) is 13.1. The summed E-state index contributed by atoms with van der Waals surface area (Å²) in [4.78, 5) is 17.1. The van der Waals surface area contributed by atoms with E-state index in [2.05, 4.69) is 28.5 Å². The van der Waals surface area contributed by atoms with Crippen LogP contribution >= 0.6 is 0 Å². The number of carbonyl (C=O) groups excluding carboxylic acids is 1. The number of pyridine rings is 1. The molecule has 0 spiro atoms. The largest absolute Gasteiger partial charge is 0.345 e. The Morgan fingerprint density at radius 1 is 1.26 bits per heavy atom. The predicted molar refractivity (Wildman–Crippen MR) is 89.5 cm³/mol. The third-order valence-electron chi connectivity index (χ3n) is 4.67. The molecule has 1 atom stereocenters. The van der Waals surface area contributed by atoms with Gasteiger partial charge < -0.3 is 9.72 Å². The third-order valence-corrected chi connectivity index (χ3v) is 4.67. The molecule has 1 amide bonds. The molecule has 1 aliphatic carbocycles. The molecule has 0 bridgehead atoms. The molecule has 4 heteroatoms. The van der Waals surface area contributed by atoms with E-state index in [1.54, 1.807) is 6.20 Å². The Hall–Kier alpha value is -2.62. The molecule has 1 unspecified atom stereocenters. The maximum absolute atomic E-state index is 12.8. The van der Waals surface area contributed by atoms with Gasteiger partial charge in [-0.3, -0.25) is 4.79 Å². The van der Waals surface area contributed by atoms with E-state index in [9.17, 15) is 4.79 Å². The van der Waals surface area contributed by atoms with Crippen molar-refractivity contribution in [1.29, 1.82) is 0 Å². The van der Waals surface area contributed by atoms with Crippen molar-refractivity contribution in [2.24, 2.45) is 0 Å². The second-order valence-corrected chi connectivity index (χ2v) is 6.13. The lowest BCUT2D eigenvalue weighted by Gasteiger charge is -2.26. The Morgan fingerprint density at radius 2 is 2.13 bits per heavy atom. The Morgan fingerprint density at radius 3 is 3.04 bits per heavy atom. The van der Waals surface area contributed by atoms with E-state index in [1.807, 2.05) is 35.7 Å². The quantitative estimate of drug-likeness (QED) is 0.788. The summed E-state index contributed by atoms with van der Waals surface area (Å²) < 4.78 is 1.95. The summed E-state index contributed by atoms with van der Waals surface area (Å²) in [5.41, 5.74) is 5.00. The van der Waals surface area contributed by atoms with Crippen LogP contribution in [0.2, 0.25) is 0 Å². The lowest BCUT2D eigenvalue weighted by molar-refractivity contribution is 0.0934. The van der Waals surface area contributed by atoms with Crippen LogP contribution in [-0.2, 0) is 6.42 Å². The number of aryl methyl sites for hydroxylation is 2. The molecule has 0 saturated carbocycles. The van der Waals surface area contributed by atoms with Crippen LogP contribution < -0.4 is 5.32 Å². The van der Waals surface area contributed by atoms with Crippen LogP contribution in [0.1, 0.15) is 46.1 Å². The average molecular weight is 305 g/mol. The molecule has 0 fully saturated rings. The number of imidazole rings is 1. The van der Waals surface area contributed by atoms with Gasteiger partial charge >= 0.3 is 0 Å². The van der Waals surface area contributed by atoms with E-state index in [0.717, 1.165) is 25.0 Å². The highest BCUT2D eigenvalue weighted by atomic mass is 16.1. The van der Waals surface area contributed by atoms with Crippen LogP contribution in [0.3, 0.4) is 0 Å². The monoisotopic (exact) mass is 305 g/mol. The molecular weight excluding hydrogens is 286 g/mol. The zero-order chi connectivity index (χ0) is 15.8. The molecule has 3 aromatic rings. The normalized spacial score (nSPS) is 17.0. The molecular formula is C19H19N3O. The van der Waals surface area contributed by atoms with Crippen LogP contribution in [0.25, 0.3) is 5.65 Å². The summed E-state index contributed by atoms with van der Waals surface area (Å²) in [7, 11) is 0. The number of rotatable bonds is 2. The van der Waals surface area contributed by atoms with Gasteiger partial charge in [0.25, 0.3) is 5.91 Å². The fourth-order valence-electron chi connectivity index (χ4n) is 3.46. The minimum atomic E-state index is -0.0529. The first-order valence-electron chi connectivity index (χ1n) is 8.05. The summed E-state index contributed by atoms with van der Waals surface area (Å²) in [5.74, 6) is -0.0529. The maximum atomic E-state index is 12.8. The third kappa shape index (κ3) is 2.40. The van der Waals surface area contributed by atoms with E-state index in [4.69, 9.17) is 0 Å². The van der Waals surface area contributed by atoms with Crippen molar-refractivity contribution in [2.75, 3.05) is 0 Å². The highest BCUT2D eigenvalue weighted by Gasteiger charge is 2.23.